The number of benzene rings is 2. The first-order valence-electron chi connectivity index (χ1n) is 9.31. The Kier molecular flexibility index (Phi) is 5.41. The molecule has 5 nitrogen and oxygen atoms in total. The molecular weight excluding hydrogens is 370 g/mol. The van der Waals surface area contributed by atoms with Crippen LogP contribution in [0.25, 0.3) is 0 Å². The lowest BCUT2D eigenvalue weighted by molar-refractivity contribution is 0.102. The van der Waals surface area contributed by atoms with Crippen LogP contribution < -0.4 is 10.1 Å². The molecule has 28 heavy (non-hydrogen) atoms. The largest absolute Gasteiger partial charge is 0.497 e. The molecule has 2 aromatic carbocycles. The molecule has 0 radical (unpaired) electrons. The van der Waals surface area contributed by atoms with Gasteiger partial charge in [-0.05, 0) is 48.7 Å². The molecule has 1 N–H and O–H groups in total. The molecular formula is C22H23N3O2S. The van der Waals surface area contributed by atoms with Gasteiger partial charge in [0, 0.05) is 30.6 Å². The molecule has 0 spiro atoms. The molecule has 0 aliphatic carbocycles. The Balaban J connectivity index is 1.38. The molecule has 0 atom stereocenters. The van der Waals surface area contributed by atoms with Crippen molar-refractivity contribution in [3.63, 3.8) is 0 Å². The highest BCUT2D eigenvalue weighted by molar-refractivity contribution is 7.13. The second-order valence-corrected chi connectivity index (χ2v) is 7.92. The van der Waals surface area contributed by atoms with Crippen molar-refractivity contribution in [3.8, 4) is 5.75 Å². The number of anilines is 1. The number of hydrogen-bond acceptors (Lipinski definition) is 5. The van der Waals surface area contributed by atoms with Gasteiger partial charge in [0.1, 0.15) is 5.75 Å². The Morgan fingerprint density at radius 1 is 1.25 bits per heavy atom. The molecule has 1 aliphatic heterocycles. The highest BCUT2D eigenvalue weighted by atomic mass is 32.1. The normalized spacial score (nSPS) is 13.8. The third kappa shape index (κ3) is 4.24. The molecule has 2 heterocycles. The van der Waals surface area contributed by atoms with Crippen LogP contribution in [0.5, 0.6) is 5.75 Å². The molecule has 1 aromatic heterocycles. The summed E-state index contributed by atoms with van der Waals surface area (Å²) in [5, 5.41) is 5.57. The fraction of sp³-hybridized carbons (Fsp3) is 0.273. The van der Waals surface area contributed by atoms with E-state index >= 15 is 0 Å². The van der Waals surface area contributed by atoms with Gasteiger partial charge < -0.3 is 4.74 Å². The molecule has 0 unspecified atom stereocenters. The van der Waals surface area contributed by atoms with Crippen molar-refractivity contribution in [1.82, 2.24) is 9.88 Å². The molecule has 0 bridgehead atoms. The second kappa shape index (κ2) is 8.12. The van der Waals surface area contributed by atoms with Crippen LogP contribution in [-0.4, -0.2) is 29.4 Å². The highest BCUT2D eigenvalue weighted by Gasteiger charge is 2.18. The zero-order valence-electron chi connectivity index (χ0n) is 16.1. The smallest absolute Gasteiger partial charge is 0.257 e. The summed E-state index contributed by atoms with van der Waals surface area (Å²) in [5.74, 6) is 0.797. The van der Waals surface area contributed by atoms with Crippen LogP contribution in [-0.2, 0) is 19.5 Å². The maximum atomic E-state index is 12.4. The highest BCUT2D eigenvalue weighted by Crippen LogP contribution is 2.25. The number of fused-ring (bicyclic) bond motifs is 1. The fourth-order valence-corrected chi connectivity index (χ4v) is 4.17. The number of aryl methyl sites for hydroxylation is 1. The quantitative estimate of drug-likeness (QED) is 0.703. The summed E-state index contributed by atoms with van der Waals surface area (Å²) in [6.45, 7) is 4.65. The van der Waals surface area contributed by atoms with E-state index in [4.69, 9.17) is 4.74 Å². The minimum Gasteiger partial charge on any atom is -0.497 e. The van der Waals surface area contributed by atoms with Gasteiger partial charge in [-0.3, -0.25) is 15.0 Å². The van der Waals surface area contributed by atoms with Gasteiger partial charge in [0.05, 0.1) is 12.8 Å². The number of thiazole rings is 1. The maximum absolute atomic E-state index is 12.4. The van der Waals surface area contributed by atoms with E-state index in [9.17, 15) is 4.79 Å². The van der Waals surface area contributed by atoms with E-state index < -0.39 is 0 Å². The molecule has 3 aromatic rings. The predicted octanol–water partition coefficient (Wildman–Crippen LogP) is 4.27. The minimum atomic E-state index is -0.120. The summed E-state index contributed by atoms with van der Waals surface area (Å²) in [6.07, 6.45) is 1.01. The summed E-state index contributed by atoms with van der Waals surface area (Å²) in [7, 11) is 1.70. The first kappa shape index (κ1) is 18.7. The third-order valence-corrected chi connectivity index (χ3v) is 5.75. The number of aromatic nitrogens is 1. The number of rotatable bonds is 5. The zero-order valence-corrected chi connectivity index (χ0v) is 16.9. The Morgan fingerprint density at radius 3 is 2.96 bits per heavy atom. The number of methoxy groups -OCH3 is 1. The van der Waals surface area contributed by atoms with Crippen molar-refractivity contribution in [2.75, 3.05) is 19.0 Å². The lowest BCUT2D eigenvalue weighted by Gasteiger charge is -2.28. The van der Waals surface area contributed by atoms with E-state index in [1.165, 1.54) is 22.5 Å². The van der Waals surface area contributed by atoms with Crippen molar-refractivity contribution in [2.24, 2.45) is 0 Å². The minimum absolute atomic E-state index is 0.120. The third-order valence-electron chi connectivity index (χ3n) is 4.94. The summed E-state index contributed by atoms with van der Waals surface area (Å²) in [5.41, 5.74) is 5.41. The molecule has 0 saturated carbocycles. The Hall–Kier alpha value is -2.70. The summed E-state index contributed by atoms with van der Waals surface area (Å²) < 4.78 is 5.32. The van der Waals surface area contributed by atoms with Gasteiger partial charge in [-0.1, -0.05) is 23.8 Å². The average Bonchev–Trinajstić information content (AvgIpc) is 3.14. The Morgan fingerprint density at radius 2 is 2.14 bits per heavy atom. The number of nitrogens with zero attached hydrogens (tertiary/aromatic N) is 2. The summed E-state index contributed by atoms with van der Waals surface area (Å²) in [6, 6.07) is 13.9. The first-order chi connectivity index (χ1) is 13.6. The molecule has 0 saturated heterocycles. The van der Waals surface area contributed by atoms with E-state index in [2.05, 4.69) is 27.3 Å². The van der Waals surface area contributed by atoms with Gasteiger partial charge in [0.25, 0.3) is 5.91 Å². The molecule has 1 aliphatic rings. The van der Waals surface area contributed by atoms with Crippen molar-refractivity contribution >= 4 is 22.4 Å². The van der Waals surface area contributed by atoms with Crippen LogP contribution in [0.3, 0.4) is 0 Å². The second-order valence-electron chi connectivity index (χ2n) is 7.06. The first-order valence-corrected chi connectivity index (χ1v) is 10.2. The maximum Gasteiger partial charge on any atom is 0.257 e. The van der Waals surface area contributed by atoms with E-state index in [1.54, 1.807) is 7.11 Å². The number of carbonyl (C=O) groups excluding carboxylic acids is 1. The van der Waals surface area contributed by atoms with Crippen LogP contribution in [0.1, 0.15) is 32.7 Å². The average molecular weight is 394 g/mol. The van der Waals surface area contributed by atoms with Crippen molar-refractivity contribution in [2.45, 2.75) is 26.4 Å². The van der Waals surface area contributed by atoms with Gasteiger partial charge in [-0.25, -0.2) is 4.98 Å². The van der Waals surface area contributed by atoms with E-state index in [0.717, 1.165) is 43.1 Å². The van der Waals surface area contributed by atoms with Gasteiger partial charge >= 0.3 is 0 Å². The topological polar surface area (TPSA) is 54.5 Å². The number of carbonyl (C=O) groups is 1. The monoisotopic (exact) mass is 393 g/mol. The van der Waals surface area contributed by atoms with Crippen molar-refractivity contribution in [3.05, 3.63) is 75.8 Å². The lowest BCUT2D eigenvalue weighted by atomic mass is 9.99. The van der Waals surface area contributed by atoms with E-state index in [1.807, 2.05) is 42.6 Å². The van der Waals surface area contributed by atoms with Crippen LogP contribution in [0, 0.1) is 6.92 Å². The summed E-state index contributed by atoms with van der Waals surface area (Å²) >= 11 is 1.47. The van der Waals surface area contributed by atoms with Gasteiger partial charge in [0.2, 0.25) is 0 Å². The van der Waals surface area contributed by atoms with Gasteiger partial charge in [-0.15, -0.1) is 11.3 Å². The van der Waals surface area contributed by atoms with E-state index in [-0.39, 0.29) is 5.91 Å². The molecule has 144 valence electrons. The van der Waals surface area contributed by atoms with Crippen molar-refractivity contribution < 1.29 is 9.53 Å². The van der Waals surface area contributed by atoms with E-state index in [0.29, 0.717) is 10.7 Å². The Labute approximate surface area is 169 Å². The molecule has 1 amide bonds. The van der Waals surface area contributed by atoms with Crippen LogP contribution in [0.4, 0.5) is 5.13 Å². The number of hydrogen-bond donors (Lipinski definition) is 1. The molecule has 6 heteroatoms. The van der Waals surface area contributed by atoms with Crippen LogP contribution in [0.2, 0.25) is 0 Å². The predicted molar refractivity (Wildman–Crippen MR) is 112 cm³/mol. The standard InChI is InChI=1S/C22H23N3O2S/c1-15-4-3-5-17(10-15)21(26)24-22-23-19(14-28-22)13-25-9-8-16-11-20(27-2)7-6-18(16)12-25/h3-7,10-11,14H,8-9,12-13H2,1-2H3,(H,23,24,26). The lowest BCUT2D eigenvalue weighted by Crippen LogP contribution is -2.30. The Bertz CT molecular complexity index is 999. The van der Waals surface area contributed by atoms with Crippen molar-refractivity contribution in [1.29, 1.82) is 0 Å². The van der Waals surface area contributed by atoms with Crippen LogP contribution in [0.15, 0.2) is 47.8 Å². The SMILES string of the molecule is COc1ccc2c(c1)CCN(Cc1csc(NC(=O)c3cccc(C)c3)n1)C2. The van der Waals surface area contributed by atoms with Crippen LogP contribution >= 0.6 is 11.3 Å². The molecule has 0 fully saturated rings. The number of ether oxygens (including phenoxy) is 1. The van der Waals surface area contributed by atoms with Gasteiger partial charge in [-0.2, -0.15) is 0 Å². The zero-order chi connectivity index (χ0) is 19.5. The van der Waals surface area contributed by atoms with Gasteiger partial charge in [0.15, 0.2) is 5.13 Å². The fourth-order valence-electron chi connectivity index (χ4n) is 3.47. The molecule has 4 rings (SSSR count). The summed E-state index contributed by atoms with van der Waals surface area (Å²) in [4.78, 5) is 19.4. The number of amides is 1. The number of nitrogens with one attached hydrogen (secondary N) is 1.